The average molecular weight is 410 g/mol. The second-order valence-electron chi connectivity index (χ2n) is 8.66. The van der Waals surface area contributed by atoms with Gasteiger partial charge in [-0.15, -0.1) is 0 Å². The maximum absolute atomic E-state index is 10.1. The van der Waals surface area contributed by atoms with Crippen LogP contribution in [0.2, 0.25) is 0 Å². The van der Waals surface area contributed by atoms with Crippen LogP contribution in [0.3, 0.4) is 0 Å². The third-order valence-electron chi connectivity index (χ3n) is 6.63. The normalized spacial score (nSPS) is 23.0. The number of rotatable bonds is 5. The molecule has 0 amide bonds. The van der Waals surface area contributed by atoms with Crippen molar-refractivity contribution in [1.82, 2.24) is 14.7 Å². The molecule has 0 saturated carbocycles. The van der Waals surface area contributed by atoms with Crippen LogP contribution in [-0.4, -0.2) is 71.9 Å². The van der Waals surface area contributed by atoms with E-state index in [4.69, 9.17) is 9.47 Å². The van der Waals surface area contributed by atoms with Crippen LogP contribution in [0.25, 0.3) is 0 Å². The molecule has 30 heavy (non-hydrogen) atoms. The molecule has 2 saturated heterocycles. The smallest absolute Gasteiger partial charge is 0.231 e. The van der Waals surface area contributed by atoms with Crippen molar-refractivity contribution < 1.29 is 14.6 Å². The number of hydrogen-bond donors (Lipinski definition) is 1. The maximum Gasteiger partial charge on any atom is 0.231 e. The van der Waals surface area contributed by atoms with Crippen molar-refractivity contribution in [3.8, 4) is 17.2 Å². The van der Waals surface area contributed by atoms with Gasteiger partial charge < -0.3 is 14.6 Å². The summed E-state index contributed by atoms with van der Waals surface area (Å²) in [5, 5.41) is 10.1. The van der Waals surface area contributed by atoms with Crippen molar-refractivity contribution >= 4 is 0 Å². The summed E-state index contributed by atoms with van der Waals surface area (Å²) in [7, 11) is 0. The number of ether oxygens (including phenoxy) is 2. The number of para-hydroxylation sites is 1. The van der Waals surface area contributed by atoms with Gasteiger partial charge in [-0.05, 0) is 43.1 Å². The van der Waals surface area contributed by atoms with Gasteiger partial charge in [-0.1, -0.05) is 24.3 Å². The number of fused-ring (bicyclic) bond motifs is 1. The van der Waals surface area contributed by atoms with E-state index in [1.165, 1.54) is 18.4 Å². The first-order chi connectivity index (χ1) is 14.7. The van der Waals surface area contributed by atoms with Crippen LogP contribution in [0.4, 0.5) is 0 Å². The predicted molar refractivity (Wildman–Crippen MR) is 116 cm³/mol. The molecular weight excluding hydrogens is 378 g/mol. The lowest BCUT2D eigenvalue weighted by molar-refractivity contribution is 0.0475. The number of likely N-dealkylation sites (tertiary alicyclic amines) is 1. The zero-order chi connectivity index (χ0) is 20.3. The van der Waals surface area contributed by atoms with Crippen LogP contribution < -0.4 is 9.47 Å². The van der Waals surface area contributed by atoms with E-state index in [-0.39, 0.29) is 0 Å². The molecule has 5 rings (SSSR count). The lowest BCUT2D eigenvalue weighted by Gasteiger charge is -2.43. The van der Waals surface area contributed by atoms with Gasteiger partial charge in [0.25, 0.3) is 0 Å². The monoisotopic (exact) mass is 409 g/mol. The Morgan fingerprint density at radius 3 is 2.57 bits per heavy atom. The molecule has 1 N–H and O–H groups in total. The van der Waals surface area contributed by atoms with E-state index in [0.717, 1.165) is 69.4 Å². The first-order valence-electron chi connectivity index (χ1n) is 11.1. The Morgan fingerprint density at radius 1 is 0.867 bits per heavy atom. The number of hydrogen-bond acceptors (Lipinski definition) is 6. The first-order valence-corrected chi connectivity index (χ1v) is 11.1. The molecule has 3 heterocycles. The van der Waals surface area contributed by atoms with Gasteiger partial charge in [0.1, 0.15) is 5.75 Å². The highest BCUT2D eigenvalue weighted by molar-refractivity contribution is 5.44. The van der Waals surface area contributed by atoms with E-state index in [9.17, 15) is 5.11 Å². The Balaban J connectivity index is 1.12. The van der Waals surface area contributed by atoms with Crippen molar-refractivity contribution in [2.45, 2.75) is 32.0 Å². The molecule has 1 atom stereocenters. The summed E-state index contributed by atoms with van der Waals surface area (Å²) in [6.45, 7) is 8.81. The Bertz CT molecular complexity index is 867. The van der Waals surface area contributed by atoms with Gasteiger partial charge in [0.2, 0.25) is 6.79 Å². The zero-order valence-electron chi connectivity index (χ0n) is 17.5. The Labute approximate surface area is 178 Å². The van der Waals surface area contributed by atoms with Gasteiger partial charge in [0.05, 0.1) is 0 Å². The molecule has 3 aliphatic heterocycles. The van der Waals surface area contributed by atoms with E-state index in [1.54, 1.807) is 6.07 Å². The highest BCUT2D eigenvalue weighted by Crippen LogP contribution is 2.33. The third kappa shape index (κ3) is 4.41. The third-order valence-corrected chi connectivity index (χ3v) is 6.63. The molecule has 0 unspecified atom stereocenters. The summed E-state index contributed by atoms with van der Waals surface area (Å²) in [4.78, 5) is 7.71. The minimum atomic E-state index is 0.333. The van der Waals surface area contributed by atoms with E-state index in [0.29, 0.717) is 18.6 Å². The summed E-state index contributed by atoms with van der Waals surface area (Å²) in [6.07, 6.45) is 2.51. The molecule has 0 spiro atoms. The standard InChI is InChI=1S/C24H31N3O3/c28-22-6-2-1-4-20(22)16-26-9-3-5-21(17-26)27-12-10-25(11-13-27)15-19-7-8-23-24(14-19)30-18-29-23/h1-2,4,6-8,14,21,28H,3,5,9-13,15-18H2/t21-/m0/s1. The fourth-order valence-corrected chi connectivity index (χ4v) is 4.94. The van der Waals surface area contributed by atoms with Crippen LogP contribution in [0, 0.1) is 0 Å². The van der Waals surface area contributed by atoms with E-state index < -0.39 is 0 Å². The molecule has 6 heteroatoms. The highest BCUT2D eigenvalue weighted by Gasteiger charge is 2.28. The molecule has 160 valence electrons. The van der Waals surface area contributed by atoms with Gasteiger partial charge in [-0.2, -0.15) is 0 Å². The molecule has 0 radical (unpaired) electrons. The van der Waals surface area contributed by atoms with Crippen LogP contribution in [-0.2, 0) is 13.1 Å². The van der Waals surface area contributed by atoms with E-state index in [1.807, 2.05) is 24.3 Å². The minimum Gasteiger partial charge on any atom is -0.508 e. The van der Waals surface area contributed by atoms with Crippen molar-refractivity contribution in [1.29, 1.82) is 0 Å². The summed E-state index contributed by atoms with van der Waals surface area (Å²) < 4.78 is 10.9. The predicted octanol–water partition coefficient (Wildman–Crippen LogP) is 2.90. The maximum atomic E-state index is 10.1. The van der Waals surface area contributed by atoms with Gasteiger partial charge in [-0.3, -0.25) is 14.7 Å². The Morgan fingerprint density at radius 2 is 1.70 bits per heavy atom. The van der Waals surface area contributed by atoms with Gasteiger partial charge in [0, 0.05) is 57.4 Å². The Kier molecular flexibility index (Phi) is 5.79. The van der Waals surface area contributed by atoms with Crippen LogP contribution in [0.15, 0.2) is 42.5 Å². The molecule has 0 bridgehead atoms. The van der Waals surface area contributed by atoms with Gasteiger partial charge in [0.15, 0.2) is 11.5 Å². The lowest BCUT2D eigenvalue weighted by atomic mass is 10.0. The number of phenolic OH excluding ortho intramolecular Hbond substituents is 1. The molecule has 0 aliphatic carbocycles. The quantitative estimate of drug-likeness (QED) is 0.820. The summed E-state index contributed by atoms with van der Waals surface area (Å²) >= 11 is 0. The molecule has 6 nitrogen and oxygen atoms in total. The van der Waals surface area contributed by atoms with Crippen LogP contribution >= 0.6 is 0 Å². The fraction of sp³-hybridized carbons (Fsp3) is 0.500. The molecular formula is C24H31N3O3. The van der Waals surface area contributed by atoms with E-state index in [2.05, 4.69) is 26.8 Å². The summed E-state index contributed by atoms with van der Waals surface area (Å²) in [5.74, 6) is 2.14. The number of phenols is 1. The van der Waals surface area contributed by atoms with Gasteiger partial charge >= 0.3 is 0 Å². The second-order valence-corrected chi connectivity index (χ2v) is 8.66. The second kappa shape index (κ2) is 8.84. The molecule has 2 aromatic rings. The number of benzene rings is 2. The fourth-order valence-electron chi connectivity index (χ4n) is 4.94. The topological polar surface area (TPSA) is 48.4 Å². The largest absolute Gasteiger partial charge is 0.508 e. The van der Waals surface area contributed by atoms with Crippen molar-refractivity contribution in [3.05, 3.63) is 53.6 Å². The first kappa shape index (κ1) is 19.7. The average Bonchev–Trinajstić information content (AvgIpc) is 3.24. The summed E-state index contributed by atoms with van der Waals surface area (Å²) in [6, 6.07) is 14.6. The molecule has 0 aromatic heterocycles. The van der Waals surface area contributed by atoms with Crippen LogP contribution in [0.1, 0.15) is 24.0 Å². The van der Waals surface area contributed by atoms with Gasteiger partial charge in [-0.25, -0.2) is 0 Å². The highest BCUT2D eigenvalue weighted by atomic mass is 16.7. The number of piperazine rings is 1. The minimum absolute atomic E-state index is 0.333. The number of nitrogens with zero attached hydrogens (tertiary/aromatic N) is 3. The molecule has 2 aromatic carbocycles. The van der Waals surface area contributed by atoms with E-state index >= 15 is 0 Å². The lowest BCUT2D eigenvalue weighted by Crippen LogP contribution is -2.54. The molecule has 3 aliphatic rings. The number of piperidine rings is 1. The number of aromatic hydroxyl groups is 1. The van der Waals surface area contributed by atoms with Crippen LogP contribution in [0.5, 0.6) is 17.2 Å². The van der Waals surface area contributed by atoms with Crippen molar-refractivity contribution in [3.63, 3.8) is 0 Å². The van der Waals surface area contributed by atoms with Crippen molar-refractivity contribution in [2.75, 3.05) is 46.1 Å². The molecule has 2 fully saturated rings. The Hall–Kier alpha value is -2.28. The van der Waals surface area contributed by atoms with Crippen molar-refractivity contribution in [2.24, 2.45) is 0 Å². The SMILES string of the molecule is Oc1ccccc1CN1CCC[C@H](N2CCN(Cc3ccc4c(c3)OCO4)CC2)C1. The summed E-state index contributed by atoms with van der Waals surface area (Å²) in [5.41, 5.74) is 2.32. The zero-order valence-corrected chi connectivity index (χ0v) is 17.5.